The zero-order chi connectivity index (χ0) is 11.7. The molecule has 3 nitrogen and oxygen atoms in total. The zero-order valence-electron chi connectivity index (χ0n) is 9.82. The molecule has 0 bridgehead atoms. The van der Waals surface area contributed by atoms with E-state index in [2.05, 4.69) is 34.7 Å². The summed E-state index contributed by atoms with van der Waals surface area (Å²) in [6.45, 7) is 6.49. The minimum absolute atomic E-state index is 0.292. The Morgan fingerprint density at radius 1 is 1.50 bits per heavy atom. The third-order valence-corrected chi connectivity index (χ3v) is 3.98. The van der Waals surface area contributed by atoms with Crippen molar-refractivity contribution in [2.75, 3.05) is 13.1 Å². The lowest BCUT2D eigenvalue weighted by atomic mass is 10.0. The van der Waals surface area contributed by atoms with Gasteiger partial charge in [0.1, 0.15) is 5.76 Å². The Bertz CT molecular complexity index is 351. The van der Waals surface area contributed by atoms with E-state index in [0.717, 1.165) is 23.5 Å². The maximum absolute atomic E-state index is 5.95. The number of furan rings is 1. The van der Waals surface area contributed by atoms with Crippen molar-refractivity contribution in [3.05, 3.63) is 22.6 Å². The van der Waals surface area contributed by atoms with Crippen LogP contribution in [0.3, 0.4) is 0 Å². The maximum Gasteiger partial charge on any atom is 0.169 e. The van der Waals surface area contributed by atoms with Crippen LogP contribution in [0.4, 0.5) is 0 Å². The summed E-state index contributed by atoms with van der Waals surface area (Å²) in [5.41, 5.74) is 5.95. The van der Waals surface area contributed by atoms with E-state index in [1.807, 2.05) is 12.1 Å². The van der Waals surface area contributed by atoms with Crippen LogP contribution in [0, 0.1) is 5.92 Å². The van der Waals surface area contributed by atoms with E-state index in [4.69, 9.17) is 10.2 Å². The van der Waals surface area contributed by atoms with Crippen molar-refractivity contribution in [1.29, 1.82) is 0 Å². The van der Waals surface area contributed by atoms with Gasteiger partial charge in [-0.05, 0) is 60.8 Å². The third-order valence-electron chi connectivity index (χ3n) is 3.55. The van der Waals surface area contributed by atoms with Gasteiger partial charge in [0.2, 0.25) is 0 Å². The molecule has 1 aliphatic rings. The lowest BCUT2D eigenvalue weighted by Gasteiger charge is -2.23. The topological polar surface area (TPSA) is 42.4 Å². The van der Waals surface area contributed by atoms with Crippen molar-refractivity contribution in [2.45, 2.75) is 32.4 Å². The molecule has 0 saturated carbocycles. The van der Waals surface area contributed by atoms with Crippen LogP contribution >= 0.6 is 15.9 Å². The number of halogens is 1. The molecule has 2 heterocycles. The van der Waals surface area contributed by atoms with Gasteiger partial charge in [0.05, 0.1) is 6.04 Å². The molecular formula is C12H19BrN2O. The Morgan fingerprint density at radius 2 is 2.25 bits per heavy atom. The van der Waals surface area contributed by atoms with E-state index in [1.165, 1.54) is 6.42 Å². The summed E-state index contributed by atoms with van der Waals surface area (Å²) in [6, 6.07) is 4.62. The Balaban J connectivity index is 1.99. The average molecular weight is 287 g/mol. The van der Waals surface area contributed by atoms with Crippen LogP contribution in [0.5, 0.6) is 0 Å². The number of nitrogens with two attached hydrogens (primary N) is 1. The van der Waals surface area contributed by atoms with Gasteiger partial charge >= 0.3 is 0 Å². The molecule has 2 N–H and O–H groups in total. The van der Waals surface area contributed by atoms with Crippen LogP contribution in [-0.2, 0) is 0 Å². The molecule has 1 saturated heterocycles. The van der Waals surface area contributed by atoms with Gasteiger partial charge in [-0.3, -0.25) is 4.90 Å². The van der Waals surface area contributed by atoms with Crippen LogP contribution < -0.4 is 5.73 Å². The van der Waals surface area contributed by atoms with E-state index >= 15 is 0 Å². The van der Waals surface area contributed by atoms with Crippen LogP contribution in [0.2, 0.25) is 0 Å². The molecule has 0 aliphatic carbocycles. The molecule has 1 fully saturated rings. The molecule has 0 radical (unpaired) electrons. The monoisotopic (exact) mass is 286 g/mol. The summed E-state index contributed by atoms with van der Waals surface area (Å²) in [5.74, 6) is 1.65. The third kappa shape index (κ3) is 2.50. The van der Waals surface area contributed by atoms with Crippen LogP contribution in [-0.4, -0.2) is 24.0 Å². The van der Waals surface area contributed by atoms with Gasteiger partial charge in [0, 0.05) is 12.6 Å². The fourth-order valence-corrected chi connectivity index (χ4v) is 2.65. The molecule has 0 amide bonds. The molecule has 3 unspecified atom stereocenters. The molecule has 1 aliphatic heterocycles. The van der Waals surface area contributed by atoms with Crippen molar-refractivity contribution in [1.82, 2.24) is 4.90 Å². The van der Waals surface area contributed by atoms with Crippen molar-refractivity contribution < 1.29 is 4.42 Å². The van der Waals surface area contributed by atoms with Gasteiger partial charge in [-0.15, -0.1) is 0 Å². The molecule has 4 heteroatoms. The summed E-state index contributed by atoms with van der Waals surface area (Å²) in [7, 11) is 0. The summed E-state index contributed by atoms with van der Waals surface area (Å²) < 4.78 is 6.40. The smallest absolute Gasteiger partial charge is 0.169 e. The van der Waals surface area contributed by atoms with Gasteiger partial charge in [-0.1, -0.05) is 0 Å². The summed E-state index contributed by atoms with van der Waals surface area (Å²) in [6.07, 6.45) is 1.20. The molecule has 2 rings (SSSR count). The highest BCUT2D eigenvalue weighted by atomic mass is 79.9. The Morgan fingerprint density at radius 3 is 2.75 bits per heavy atom. The SMILES string of the molecule is CC(N)C1CCN(C(C)c2ccc(Br)o2)C1. The first-order valence-corrected chi connectivity index (χ1v) is 6.62. The van der Waals surface area contributed by atoms with Gasteiger partial charge in [0.15, 0.2) is 4.67 Å². The predicted octanol–water partition coefficient (Wildman–Crippen LogP) is 2.77. The van der Waals surface area contributed by atoms with E-state index in [0.29, 0.717) is 18.0 Å². The van der Waals surface area contributed by atoms with E-state index in [9.17, 15) is 0 Å². The molecule has 0 aromatic carbocycles. The zero-order valence-corrected chi connectivity index (χ0v) is 11.4. The molecule has 3 atom stereocenters. The summed E-state index contributed by atoms with van der Waals surface area (Å²) in [5, 5.41) is 0. The first kappa shape index (κ1) is 12.1. The van der Waals surface area contributed by atoms with E-state index < -0.39 is 0 Å². The molecule has 90 valence electrons. The lowest BCUT2D eigenvalue weighted by molar-refractivity contribution is 0.218. The van der Waals surface area contributed by atoms with Gasteiger partial charge in [0.25, 0.3) is 0 Å². The van der Waals surface area contributed by atoms with E-state index in [-0.39, 0.29) is 0 Å². The van der Waals surface area contributed by atoms with Crippen molar-refractivity contribution >= 4 is 15.9 Å². The normalized spacial score (nSPS) is 25.9. The number of hydrogen-bond donors (Lipinski definition) is 1. The highest BCUT2D eigenvalue weighted by Crippen LogP contribution is 2.30. The Kier molecular flexibility index (Phi) is 3.72. The standard InChI is InChI=1S/C12H19BrN2O/c1-8(14)10-5-6-15(7-10)9(2)11-3-4-12(13)16-11/h3-4,8-10H,5-7,14H2,1-2H3. The second kappa shape index (κ2) is 4.90. The molecular weight excluding hydrogens is 268 g/mol. The minimum atomic E-state index is 0.292. The summed E-state index contributed by atoms with van der Waals surface area (Å²) in [4.78, 5) is 2.44. The fraction of sp³-hybridized carbons (Fsp3) is 0.667. The van der Waals surface area contributed by atoms with Gasteiger partial charge in [-0.25, -0.2) is 0 Å². The number of hydrogen-bond acceptors (Lipinski definition) is 3. The molecule has 0 spiro atoms. The second-order valence-corrected chi connectivity index (χ2v) is 5.50. The Hall–Kier alpha value is -0.320. The van der Waals surface area contributed by atoms with Gasteiger partial charge < -0.3 is 10.2 Å². The van der Waals surface area contributed by atoms with E-state index in [1.54, 1.807) is 0 Å². The van der Waals surface area contributed by atoms with Crippen molar-refractivity contribution in [2.24, 2.45) is 11.7 Å². The van der Waals surface area contributed by atoms with Gasteiger partial charge in [-0.2, -0.15) is 0 Å². The highest BCUT2D eigenvalue weighted by Gasteiger charge is 2.29. The lowest BCUT2D eigenvalue weighted by Crippen LogP contribution is -2.30. The van der Waals surface area contributed by atoms with Crippen LogP contribution in [0.1, 0.15) is 32.1 Å². The number of rotatable bonds is 3. The molecule has 1 aromatic heterocycles. The van der Waals surface area contributed by atoms with Crippen molar-refractivity contribution in [3.63, 3.8) is 0 Å². The highest BCUT2D eigenvalue weighted by molar-refractivity contribution is 9.10. The second-order valence-electron chi connectivity index (χ2n) is 4.72. The molecule has 1 aromatic rings. The average Bonchev–Trinajstić information content (AvgIpc) is 2.84. The predicted molar refractivity (Wildman–Crippen MR) is 68.2 cm³/mol. The number of likely N-dealkylation sites (tertiary alicyclic amines) is 1. The quantitative estimate of drug-likeness (QED) is 0.929. The number of nitrogens with zero attached hydrogens (tertiary/aromatic N) is 1. The van der Waals surface area contributed by atoms with Crippen LogP contribution in [0.15, 0.2) is 21.2 Å². The fourth-order valence-electron chi connectivity index (χ4n) is 2.33. The van der Waals surface area contributed by atoms with Crippen LogP contribution in [0.25, 0.3) is 0 Å². The minimum Gasteiger partial charge on any atom is -0.453 e. The maximum atomic E-state index is 5.95. The molecule has 16 heavy (non-hydrogen) atoms. The van der Waals surface area contributed by atoms with Crippen molar-refractivity contribution in [3.8, 4) is 0 Å². The summed E-state index contributed by atoms with van der Waals surface area (Å²) >= 11 is 3.34. The Labute approximate surface area is 105 Å². The first-order valence-electron chi connectivity index (χ1n) is 5.83. The largest absolute Gasteiger partial charge is 0.453 e. The first-order chi connectivity index (χ1) is 7.58.